The van der Waals surface area contributed by atoms with Gasteiger partial charge in [-0.05, 0) is 25.5 Å². The van der Waals surface area contributed by atoms with Gasteiger partial charge in [0.2, 0.25) is 0 Å². The number of rotatable bonds is 6. The summed E-state index contributed by atoms with van der Waals surface area (Å²) >= 11 is 3.39. The molecule has 0 fully saturated rings. The van der Waals surface area contributed by atoms with Gasteiger partial charge in [-0.2, -0.15) is 0 Å². The first-order chi connectivity index (χ1) is 10.8. The highest BCUT2D eigenvalue weighted by Gasteiger charge is 2.11. The minimum atomic E-state index is 0.808. The zero-order valence-corrected chi connectivity index (χ0v) is 14.0. The lowest BCUT2D eigenvalue weighted by Gasteiger charge is -2.10. The van der Waals surface area contributed by atoms with E-state index in [4.69, 9.17) is 4.74 Å². The molecule has 3 aromatic rings. The van der Waals surface area contributed by atoms with E-state index in [-0.39, 0.29) is 0 Å². The second-order valence-electron chi connectivity index (χ2n) is 4.61. The van der Waals surface area contributed by atoms with E-state index in [0.29, 0.717) is 0 Å². The van der Waals surface area contributed by atoms with Gasteiger partial charge in [0, 0.05) is 10.6 Å². The number of methoxy groups -OCH3 is 1. The average molecular weight is 332 g/mol. The Bertz CT molecular complexity index is 753. The van der Waals surface area contributed by atoms with Gasteiger partial charge in [0.1, 0.15) is 12.1 Å². The number of hydrogen-bond donors (Lipinski definition) is 0. The van der Waals surface area contributed by atoms with Crippen LogP contribution in [-0.4, -0.2) is 32.6 Å². The maximum Gasteiger partial charge on any atom is 0.195 e. The second-order valence-corrected chi connectivity index (χ2v) is 6.62. The number of hydrogen-bond acceptors (Lipinski definition) is 6. The lowest BCUT2D eigenvalue weighted by Crippen LogP contribution is -1.99. The third-order valence-corrected chi connectivity index (χ3v) is 5.21. The summed E-state index contributed by atoms with van der Waals surface area (Å²) in [6, 6.07) is 7.86. The quantitative estimate of drug-likeness (QED) is 0.648. The fourth-order valence-corrected chi connectivity index (χ4v) is 3.91. The van der Waals surface area contributed by atoms with Gasteiger partial charge in [0.25, 0.3) is 0 Å². The van der Waals surface area contributed by atoms with Crippen molar-refractivity contribution in [2.45, 2.75) is 18.5 Å². The van der Waals surface area contributed by atoms with Crippen LogP contribution in [0.25, 0.3) is 5.69 Å². The Morgan fingerprint density at radius 1 is 1.32 bits per heavy atom. The van der Waals surface area contributed by atoms with Crippen molar-refractivity contribution in [3.63, 3.8) is 0 Å². The van der Waals surface area contributed by atoms with Crippen LogP contribution in [0.15, 0.2) is 41.3 Å². The van der Waals surface area contributed by atoms with E-state index in [1.165, 1.54) is 4.88 Å². The number of benzene rings is 1. The smallest absolute Gasteiger partial charge is 0.195 e. The molecule has 3 rings (SSSR count). The number of thioether (sulfide) groups is 1. The molecule has 0 unspecified atom stereocenters. The Morgan fingerprint density at radius 3 is 2.95 bits per heavy atom. The molecular weight excluding hydrogens is 316 g/mol. The molecule has 1 aromatic carbocycles. The number of nitrogens with zero attached hydrogens (tertiary/aromatic N) is 4. The lowest BCUT2D eigenvalue weighted by molar-refractivity contribution is 0.412. The van der Waals surface area contributed by atoms with Gasteiger partial charge in [0.05, 0.1) is 24.0 Å². The van der Waals surface area contributed by atoms with Gasteiger partial charge in [-0.1, -0.05) is 23.9 Å². The van der Waals surface area contributed by atoms with E-state index in [1.807, 2.05) is 41.3 Å². The van der Waals surface area contributed by atoms with Gasteiger partial charge in [-0.3, -0.25) is 4.57 Å². The monoisotopic (exact) mass is 332 g/mol. The third-order valence-electron chi connectivity index (χ3n) is 3.27. The Morgan fingerprint density at radius 2 is 2.18 bits per heavy atom. The van der Waals surface area contributed by atoms with E-state index in [2.05, 4.69) is 15.2 Å². The van der Waals surface area contributed by atoms with Crippen molar-refractivity contribution >= 4 is 23.1 Å². The topological polar surface area (TPSA) is 52.8 Å². The Hall–Kier alpha value is -1.86. The summed E-state index contributed by atoms with van der Waals surface area (Å²) in [5, 5.41) is 9.12. The first-order valence-corrected chi connectivity index (χ1v) is 8.71. The summed E-state index contributed by atoms with van der Waals surface area (Å²) in [6.45, 7) is 2.05. The number of aromatic nitrogens is 4. The van der Waals surface area contributed by atoms with Gasteiger partial charge >= 0.3 is 0 Å². The molecule has 114 valence electrons. The largest absolute Gasteiger partial charge is 0.495 e. The van der Waals surface area contributed by atoms with Crippen LogP contribution in [0.5, 0.6) is 5.75 Å². The highest BCUT2D eigenvalue weighted by Crippen LogP contribution is 2.27. The fourth-order valence-electron chi connectivity index (χ4n) is 2.12. The van der Waals surface area contributed by atoms with Gasteiger partial charge < -0.3 is 4.74 Å². The fraction of sp³-hybridized carbons (Fsp3) is 0.267. The van der Waals surface area contributed by atoms with Crippen molar-refractivity contribution in [1.82, 2.24) is 19.7 Å². The summed E-state index contributed by atoms with van der Waals surface area (Å²) in [5.41, 5.74) is 3.97. The van der Waals surface area contributed by atoms with E-state index in [1.54, 1.807) is 36.5 Å². The molecule has 0 aliphatic rings. The highest BCUT2D eigenvalue weighted by atomic mass is 32.2. The van der Waals surface area contributed by atoms with Crippen molar-refractivity contribution < 1.29 is 4.74 Å². The molecule has 0 saturated carbocycles. The maximum atomic E-state index is 5.41. The molecule has 2 aromatic heterocycles. The minimum absolute atomic E-state index is 0.808. The molecule has 0 aliphatic heterocycles. The van der Waals surface area contributed by atoms with Crippen LogP contribution < -0.4 is 4.74 Å². The predicted molar refractivity (Wildman–Crippen MR) is 89.2 cm³/mol. The molecule has 0 N–H and O–H groups in total. The second kappa shape index (κ2) is 6.93. The van der Waals surface area contributed by atoms with E-state index >= 15 is 0 Å². The van der Waals surface area contributed by atoms with Crippen LogP contribution in [0.2, 0.25) is 0 Å². The van der Waals surface area contributed by atoms with E-state index in [9.17, 15) is 0 Å². The molecule has 22 heavy (non-hydrogen) atoms. The zero-order valence-electron chi connectivity index (χ0n) is 12.4. The standard InChI is InChI=1S/C15H16N4OS2/c1-11-14(22-10-16-11)7-8-21-15-18-17-9-19(15)12-5-3-4-6-13(12)20-2/h3-6,9-10H,7-8H2,1-2H3. The summed E-state index contributed by atoms with van der Waals surface area (Å²) in [5.74, 6) is 1.75. The van der Waals surface area contributed by atoms with Gasteiger partial charge in [0.15, 0.2) is 5.16 Å². The third kappa shape index (κ3) is 3.15. The van der Waals surface area contributed by atoms with Crippen molar-refractivity contribution in [3.05, 3.63) is 46.7 Å². The summed E-state index contributed by atoms with van der Waals surface area (Å²) < 4.78 is 7.37. The van der Waals surface area contributed by atoms with Crippen molar-refractivity contribution in [2.75, 3.05) is 12.9 Å². The number of thiazole rings is 1. The molecule has 0 saturated heterocycles. The SMILES string of the molecule is COc1ccccc1-n1cnnc1SCCc1scnc1C. The molecule has 5 nitrogen and oxygen atoms in total. The molecule has 0 bridgehead atoms. The Kier molecular flexibility index (Phi) is 4.74. The van der Waals surface area contributed by atoms with Gasteiger partial charge in [-0.15, -0.1) is 21.5 Å². The van der Waals surface area contributed by atoms with E-state index < -0.39 is 0 Å². The normalized spacial score (nSPS) is 10.8. The molecule has 0 amide bonds. The number of ether oxygens (including phenoxy) is 1. The molecule has 7 heteroatoms. The van der Waals surface area contributed by atoms with Crippen LogP contribution in [0.1, 0.15) is 10.6 Å². The van der Waals surface area contributed by atoms with Crippen LogP contribution >= 0.6 is 23.1 Å². The first-order valence-electron chi connectivity index (χ1n) is 6.84. The van der Waals surface area contributed by atoms with Crippen LogP contribution in [-0.2, 0) is 6.42 Å². The maximum absolute atomic E-state index is 5.41. The predicted octanol–water partition coefficient (Wildman–Crippen LogP) is 3.38. The minimum Gasteiger partial charge on any atom is -0.495 e. The Labute approximate surface area is 137 Å². The number of aryl methyl sites for hydroxylation is 2. The van der Waals surface area contributed by atoms with Crippen LogP contribution in [0.3, 0.4) is 0 Å². The first kappa shape index (κ1) is 15.1. The zero-order chi connectivity index (χ0) is 15.4. The molecule has 0 spiro atoms. The lowest BCUT2D eigenvalue weighted by atomic mass is 10.3. The highest BCUT2D eigenvalue weighted by molar-refractivity contribution is 7.99. The molecular formula is C15H16N4OS2. The molecule has 0 aliphatic carbocycles. The van der Waals surface area contributed by atoms with Crippen LogP contribution in [0, 0.1) is 6.92 Å². The number of para-hydroxylation sites is 2. The van der Waals surface area contributed by atoms with E-state index in [0.717, 1.165) is 34.5 Å². The summed E-state index contributed by atoms with van der Waals surface area (Å²) in [7, 11) is 1.67. The summed E-state index contributed by atoms with van der Waals surface area (Å²) in [6.07, 6.45) is 2.71. The molecule has 0 radical (unpaired) electrons. The molecule has 2 heterocycles. The average Bonchev–Trinajstić information content (AvgIpc) is 3.17. The van der Waals surface area contributed by atoms with Gasteiger partial charge in [-0.25, -0.2) is 4.98 Å². The van der Waals surface area contributed by atoms with Crippen molar-refractivity contribution in [2.24, 2.45) is 0 Å². The Balaban J connectivity index is 1.74. The summed E-state index contributed by atoms with van der Waals surface area (Å²) in [4.78, 5) is 5.61. The van der Waals surface area contributed by atoms with Crippen molar-refractivity contribution in [3.8, 4) is 11.4 Å². The molecule has 0 atom stereocenters. The van der Waals surface area contributed by atoms with Crippen LogP contribution in [0.4, 0.5) is 0 Å². The van der Waals surface area contributed by atoms with Crippen molar-refractivity contribution in [1.29, 1.82) is 0 Å².